The number of ether oxygens (including phenoxy) is 2. The quantitative estimate of drug-likeness (QED) is 0.524. The summed E-state index contributed by atoms with van der Waals surface area (Å²) in [6.07, 6.45) is 1.18. The minimum atomic E-state index is 0.519. The van der Waals surface area contributed by atoms with Crippen LogP contribution in [0.25, 0.3) is 0 Å². The predicted molar refractivity (Wildman–Crippen MR) is 107 cm³/mol. The van der Waals surface area contributed by atoms with Crippen LogP contribution in [0.2, 0.25) is 0 Å². The summed E-state index contributed by atoms with van der Waals surface area (Å²) in [6, 6.07) is 14.3. The van der Waals surface area contributed by atoms with E-state index < -0.39 is 0 Å². The van der Waals surface area contributed by atoms with Crippen molar-refractivity contribution in [3.8, 4) is 11.5 Å². The first-order valence-electron chi connectivity index (χ1n) is 8.92. The third kappa shape index (κ3) is 6.71. The highest BCUT2D eigenvalue weighted by Crippen LogP contribution is 2.37. The van der Waals surface area contributed by atoms with Gasteiger partial charge in [-0.3, -0.25) is 0 Å². The fourth-order valence-corrected chi connectivity index (χ4v) is 3.08. The summed E-state index contributed by atoms with van der Waals surface area (Å²) in [5.74, 6) is 2.26. The molecule has 0 aliphatic heterocycles. The zero-order valence-corrected chi connectivity index (χ0v) is 16.9. The van der Waals surface area contributed by atoms with Crippen LogP contribution in [0.1, 0.15) is 38.3 Å². The van der Waals surface area contributed by atoms with Crippen molar-refractivity contribution in [3.63, 3.8) is 0 Å². The van der Waals surface area contributed by atoms with Gasteiger partial charge in [0.2, 0.25) is 0 Å². The van der Waals surface area contributed by atoms with Crippen LogP contribution in [-0.2, 0) is 13.2 Å². The van der Waals surface area contributed by atoms with Gasteiger partial charge in [0.1, 0.15) is 6.61 Å². The van der Waals surface area contributed by atoms with Crippen molar-refractivity contribution in [2.75, 3.05) is 13.2 Å². The van der Waals surface area contributed by atoms with E-state index in [1.54, 1.807) is 0 Å². The average Bonchev–Trinajstić information content (AvgIpc) is 2.59. The van der Waals surface area contributed by atoms with Gasteiger partial charge in [0.25, 0.3) is 0 Å². The molecule has 0 spiro atoms. The third-order valence-electron chi connectivity index (χ3n) is 3.82. The molecule has 3 nitrogen and oxygen atoms in total. The second-order valence-corrected chi connectivity index (χ2v) is 7.33. The Morgan fingerprint density at radius 3 is 2.48 bits per heavy atom. The van der Waals surface area contributed by atoms with Crippen LogP contribution in [0.4, 0.5) is 0 Å². The topological polar surface area (TPSA) is 30.5 Å². The monoisotopic (exact) mass is 405 g/mol. The smallest absolute Gasteiger partial charge is 0.175 e. The lowest BCUT2D eigenvalue weighted by atomic mass is 10.1. The minimum Gasteiger partial charge on any atom is -0.490 e. The molecule has 0 bridgehead atoms. The van der Waals surface area contributed by atoms with Gasteiger partial charge >= 0.3 is 0 Å². The highest BCUT2D eigenvalue weighted by Gasteiger charge is 2.12. The maximum atomic E-state index is 6.03. The first-order valence-corrected chi connectivity index (χ1v) is 9.72. The van der Waals surface area contributed by atoms with Crippen molar-refractivity contribution in [2.45, 2.75) is 40.3 Å². The summed E-state index contributed by atoms with van der Waals surface area (Å²) < 4.78 is 12.8. The summed E-state index contributed by atoms with van der Waals surface area (Å²) in [4.78, 5) is 0. The van der Waals surface area contributed by atoms with Gasteiger partial charge in [-0.15, -0.1) is 0 Å². The molecule has 2 aromatic rings. The van der Waals surface area contributed by atoms with Crippen molar-refractivity contribution in [3.05, 3.63) is 58.1 Å². The average molecular weight is 406 g/mol. The van der Waals surface area contributed by atoms with Gasteiger partial charge < -0.3 is 14.8 Å². The fourth-order valence-electron chi connectivity index (χ4n) is 2.48. The van der Waals surface area contributed by atoms with E-state index >= 15 is 0 Å². The Morgan fingerprint density at radius 2 is 1.80 bits per heavy atom. The van der Waals surface area contributed by atoms with E-state index in [-0.39, 0.29) is 0 Å². The molecule has 4 heteroatoms. The van der Waals surface area contributed by atoms with Crippen molar-refractivity contribution >= 4 is 15.9 Å². The highest BCUT2D eigenvalue weighted by molar-refractivity contribution is 9.10. The van der Waals surface area contributed by atoms with Crippen molar-refractivity contribution in [2.24, 2.45) is 5.92 Å². The number of halogens is 1. The molecule has 0 heterocycles. The number of benzene rings is 2. The molecule has 0 unspecified atom stereocenters. The second kappa shape index (κ2) is 10.5. The van der Waals surface area contributed by atoms with Crippen LogP contribution in [-0.4, -0.2) is 13.2 Å². The number of hydrogen-bond donors (Lipinski definition) is 1. The summed E-state index contributed by atoms with van der Waals surface area (Å²) in [6.45, 7) is 9.44. The molecular formula is C21H28BrNO2. The molecule has 0 atom stereocenters. The van der Waals surface area contributed by atoms with Gasteiger partial charge in [0.05, 0.1) is 11.1 Å². The fraction of sp³-hybridized carbons (Fsp3) is 0.429. The van der Waals surface area contributed by atoms with Gasteiger partial charge in [-0.05, 0) is 65.0 Å². The maximum absolute atomic E-state index is 6.03. The zero-order valence-electron chi connectivity index (χ0n) is 15.3. The van der Waals surface area contributed by atoms with E-state index in [1.165, 1.54) is 12.0 Å². The first-order chi connectivity index (χ1) is 12.1. The molecule has 0 aromatic heterocycles. The summed E-state index contributed by atoms with van der Waals surface area (Å²) in [7, 11) is 0. The molecule has 2 aromatic carbocycles. The standard InChI is InChI=1S/C21H28BrNO2/c1-4-24-20-13-18(14-23-11-10-16(2)3)12-19(22)21(20)25-15-17-8-6-5-7-9-17/h5-9,12-13,16,23H,4,10-11,14-15H2,1-3H3. The van der Waals surface area contributed by atoms with Gasteiger partial charge in [0.15, 0.2) is 11.5 Å². The Bertz CT molecular complexity index is 644. The lowest BCUT2D eigenvalue weighted by molar-refractivity contribution is 0.267. The van der Waals surface area contributed by atoms with Crippen molar-refractivity contribution < 1.29 is 9.47 Å². The molecule has 0 saturated carbocycles. The first kappa shape index (κ1) is 19.8. The Morgan fingerprint density at radius 1 is 1.04 bits per heavy atom. The number of nitrogens with one attached hydrogen (secondary N) is 1. The van der Waals surface area contributed by atoms with Gasteiger partial charge in [-0.2, -0.15) is 0 Å². The number of hydrogen-bond acceptors (Lipinski definition) is 3. The maximum Gasteiger partial charge on any atom is 0.175 e. The molecule has 2 rings (SSSR count). The zero-order chi connectivity index (χ0) is 18.1. The van der Waals surface area contributed by atoms with Crippen LogP contribution in [0, 0.1) is 5.92 Å². The van der Waals surface area contributed by atoms with E-state index in [2.05, 4.69) is 59.4 Å². The van der Waals surface area contributed by atoms with Crippen molar-refractivity contribution in [1.29, 1.82) is 0 Å². The van der Waals surface area contributed by atoms with Gasteiger partial charge in [-0.1, -0.05) is 44.2 Å². The number of rotatable bonds is 10. The summed E-state index contributed by atoms with van der Waals surface area (Å²) >= 11 is 3.64. The molecule has 0 radical (unpaired) electrons. The van der Waals surface area contributed by atoms with Gasteiger partial charge in [0, 0.05) is 6.54 Å². The van der Waals surface area contributed by atoms with E-state index in [9.17, 15) is 0 Å². The lowest BCUT2D eigenvalue weighted by Gasteiger charge is -2.16. The van der Waals surface area contributed by atoms with E-state index in [0.29, 0.717) is 19.1 Å². The largest absolute Gasteiger partial charge is 0.490 e. The molecule has 0 saturated heterocycles. The summed E-state index contributed by atoms with van der Waals surface area (Å²) in [5.41, 5.74) is 2.32. The molecule has 0 aliphatic rings. The molecule has 0 fully saturated rings. The molecule has 1 N–H and O–H groups in total. The SMILES string of the molecule is CCOc1cc(CNCCC(C)C)cc(Br)c1OCc1ccccc1. The Balaban J connectivity index is 2.05. The van der Waals surface area contributed by atoms with Crippen molar-refractivity contribution in [1.82, 2.24) is 5.32 Å². The third-order valence-corrected chi connectivity index (χ3v) is 4.41. The molecule has 0 aliphatic carbocycles. The van der Waals surface area contributed by atoms with Crippen LogP contribution in [0.15, 0.2) is 46.9 Å². The normalized spacial score (nSPS) is 10.9. The van der Waals surface area contributed by atoms with E-state index in [0.717, 1.165) is 34.6 Å². The Hall–Kier alpha value is -1.52. The highest BCUT2D eigenvalue weighted by atomic mass is 79.9. The van der Waals surface area contributed by atoms with Crippen LogP contribution in [0.3, 0.4) is 0 Å². The Labute approximate surface area is 159 Å². The second-order valence-electron chi connectivity index (χ2n) is 6.47. The molecule has 0 amide bonds. The predicted octanol–water partition coefficient (Wildman–Crippen LogP) is 5.56. The van der Waals surface area contributed by atoms with Crippen LogP contribution in [0.5, 0.6) is 11.5 Å². The van der Waals surface area contributed by atoms with E-state index in [1.807, 2.05) is 25.1 Å². The van der Waals surface area contributed by atoms with Crippen LogP contribution >= 0.6 is 15.9 Å². The van der Waals surface area contributed by atoms with Gasteiger partial charge in [-0.25, -0.2) is 0 Å². The Kier molecular flexibility index (Phi) is 8.29. The minimum absolute atomic E-state index is 0.519. The van der Waals surface area contributed by atoms with E-state index in [4.69, 9.17) is 9.47 Å². The summed E-state index contributed by atoms with van der Waals surface area (Å²) in [5, 5.41) is 3.49. The van der Waals surface area contributed by atoms with Crippen LogP contribution < -0.4 is 14.8 Å². The lowest BCUT2D eigenvalue weighted by Crippen LogP contribution is -2.16. The molecule has 25 heavy (non-hydrogen) atoms. The molecular weight excluding hydrogens is 378 g/mol. The molecule has 136 valence electrons.